The zero-order valence-corrected chi connectivity index (χ0v) is 19.0. The third-order valence-corrected chi connectivity index (χ3v) is 5.61. The van der Waals surface area contributed by atoms with Crippen molar-refractivity contribution in [1.82, 2.24) is 5.32 Å². The molecule has 0 radical (unpaired) electrons. The molecule has 1 heterocycles. The molecule has 0 saturated carbocycles. The monoisotopic (exact) mass is 463 g/mol. The standard InChI is InChI=1S/C24H30FNO7/c1-13(27)26-12-19(28)17-9-8-16(11-18(17)14-6-5-7-15(25)10-14)32-23-21(30)20(29)22(31-4)24(2,3)33-23/h5-11,19-23,28-30H,12H2,1-4H3,(H,26,27)/t19?,20-,21+,22+,23+/m0/s1. The minimum atomic E-state index is -1.38. The number of carbonyl (C=O) groups excluding carboxylic acids is 1. The van der Waals surface area contributed by atoms with Crippen molar-refractivity contribution >= 4 is 5.91 Å². The van der Waals surface area contributed by atoms with Crippen molar-refractivity contribution in [3.8, 4) is 16.9 Å². The van der Waals surface area contributed by atoms with Crippen molar-refractivity contribution in [3.63, 3.8) is 0 Å². The molecular weight excluding hydrogens is 433 g/mol. The van der Waals surface area contributed by atoms with Crippen LogP contribution in [0.1, 0.15) is 32.4 Å². The van der Waals surface area contributed by atoms with Crippen LogP contribution in [0.15, 0.2) is 42.5 Å². The van der Waals surface area contributed by atoms with Gasteiger partial charge in [0.25, 0.3) is 0 Å². The van der Waals surface area contributed by atoms with Crippen molar-refractivity contribution in [1.29, 1.82) is 0 Å². The number of methoxy groups -OCH3 is 1. The lowest BCUT2D eigenvalue weighted by molar-refractivity contribution is -0.305. The smallest absolute Gasteiger partial charge is 0.229 e. The zero-order chi connectivity index (χ0) is 24.3. The van der Waals surface area contributed by atoms with E-state index in [0.717, 1.165) is 0 Å². The molecule has 0 bridgehead atoms. The van der Waals surface area contributed by atoms with E-state index in [0.29, 0.717) is 16.7 Å². The van der Waals surface area contributed by atoms with E-state index in [-0.39, 0.29) is 18.2 Å². The molecule has 1 fully saturated rings. The molecule has 1 aliphatic heterocycles. The number of halogens is 1. The number of carbonyl (C=O) groups is 1. The highest BCUT2D eigenvalue weighted by Gasteiger charge is 2.50. The van der Waals surface area contributed by atoms with Crippen molar-refractivity contribution in [2.45, 2.75) is 57.1 Å². The maximum absolute atomic E-state index is 13.9. The maximum atomic E-state index is 13.9. The summed E-state index contributed by atoms with van der Waals surface area (Å²) in [5.74, 6) is -0.476. The Hall–Kier alpha value is -2.56. The third kappa shape index (κ3) is 5.69. The van der Waals surface area contributed by atoms with Crippen LogP contribution < -0.4 is 10.1 Å². The van der Waals surface area contributed by atoms with Gasteiger partial charge >= 0.3 is 0 Å². The van der Waals surface area contributed by atoms with Gasteiger partial charge in [0.05, 0.1) is 11.7 Å². The summed E-state index contributed by atoms with van der Waals surface area (Å²) in [5, 5.41) is 34.2. The number of aliphatic hydroxyl groups is 3. The Labute approximate surface area is 191 Å². The van der Waals surface area contributed by atoms with Gasteiger partial charge in [0.2, 0.25) is 12.2 Å². The van der Waals surface area contributed by atoms with Crippen molar-refractivity contribution in [2.24, 2.45) is 0 Å². The van der Waals surface area contributed by atoms with Gasteiger partial charge in [0.1, 0.15) is 29.9 Å². The lowest BCUT2D eigenvalue weighted by Gasteiger charge is -2.46. The molecule has 1 unspecified atom stereocenters. The quantitative estimate of drug-likeness (QED) is 0.496. The molecule has 1 aliphatic rings. The summed E-state index contributed by atoms with van der Waals surface area (Å²) in [6, 6.07) is 10.6. The van der Waals surface area contributed by atoms with E-state index in [4.69, 9.17) is 14.2 Å². The Morgan fingerprint density at radius 1 is 1.21 bits per heavy atom. The summed E-state index contributed by atoms with van der Waals surface area (Å²) in [7, 11) is 1.42. The average molecular weight is 464 g/mol. The molecule has 2 aromatic rings. The van der Waals surface area contributed by atoms with Gasteiger partial charge in [-0.1, -0.05) is 18.2 Å². The molecule has 0 aliphatic carbocycles. The van der Waals surface area contributed by atoms with Crippen LogP contribution in [0.4, 0.5) is 4.39 Å². The second kappa shape index (κ2) is 10.1. The van der Waals surface area contributed by atoms with E-state index >= 15 is 0 Å². The SMILES string of the molecule is CO[C@@H]1[C@@H](O)[C@@H](O)[C@H](Oc2ccc(C(O)CNC(C)=O)c(-c3cccc(F)c3)c2)OC1(C)C. The minimum Gasteiger partial charge on any atom is -0.462 e. The topological polar surface area (TPSA) is 117 Å². The fourth-order valence-corrected chi connectivity index (χ4v) is 3.99. The highest BCUT2D eigenvalue weighted by Crippen LogP contribution is 2.36. The van der Waals surface area contributed by atoms with Crippen LogP contribution in [0.2, 0.25) is 0 Å². The molecule has 9 heteroatoms. The van der Waals surface area contributed by atoms with E-state index in [1.165, 1.54) is 26.2 Å². The van der Waals surface area contributed by atoms with E-state index in [2.05, 4.69) is 5.32 Å². The summed E-state index contributed by atoms with van der Waals surface area (Å²) >= 11 is 0. The molecule has 180 valence electrons. The summed E-state index contributed by atoms with van der Waals surface area (Å²) < 4.78 is 30.9. The summed E-state index contributed by atoms with van der Waals surface area (Å²) in [5.41, 5.74) is 0.469. The van der Waals surface area contributed by atoms with Gasteiger partial charge in [-0.05, 0) is 54.8 Å². The number of benzene rings is 2. The molecule has 2 aromatic carbocycles. The predicted octanol–water partition coefficient (Wildman–Crippen LogP) is 1.91. The van der Waals surface area contributed by atoms with Gasteiger partial charge in [-0.15, -0.1) is 0 Å². The van der Waals surface area contributed by atoms with E-state index in [9.17, 15) is 24.5 Å². The number of aliphatic hydroxyl groups excluding tert-OH is 3. The normalized spacial score (nSPS) is 25.3. The number of rotatable bonds is 7. The van der Waals surface area contributed by atoms with Crippen LogP contribution in [-0.4, -0.2) is 65.1 Å². The minimum absolute atomic E-state index is 0.0267. The summed E-state index contributed by atoms with van der Waals surface area (Å²) in [6.45, 7) is 4.75. The Balaban J connectivity index is 1.94. The van der Waals surface area contributed by atoms with Crippen LogP contribution >= 0.6 is 0 Å². The lowest BCUT2D eigenvalue weighted by atomic mass is 9.89. The second-order valence-electron chi connectivity index (χ2n) is 8.56. The first kappa shape index (κ1) is 25.1. The molecule has 5 atom stereocenters. The number of hydrogen-bond donors (Lipinski definition) is 4. The van der Waals surface area contributed by atoms with Crippen molar-refractivity contribution in [2.75, 3.05) is 13.7 Å². The van der Waals surface area contributed by atoms with Crippen molar-refractivity contribution in [3.05, 3.63) is 53.8 Å². The molecule has 4 N–H and O–H groups in total. The van der Waals surface area contributed by atoms with E-state index in [1.54, 1.807) is 44.2 Å². The van der Waals surface area contributed by atoms with Gasteiger partial charge in [-0.3, -0.25) is 4.79 Å². The molecule has 0 spiro atoms. The highest BCUT2D eigenvalue weighted by molar-refractivity contribution is 5.73. The Morgan fingerprint density at radius 2 is 1.94 bits per heavy atom. The fraction of sp³-hybridized carbons (Fsp3) is 0.458. The van der Waals surface area contributed by atoms with Gasteiger partial charge < -0.3 is 34.8 Å². The highest BCUT2D eigenvalue weighted by atomic mass is 19.1. The molecule has 8 nitrogen and oxygen atoms in total. The first-order chi connectivity index (χ1) is 15.5. The molecule has 0 aromatic heterocycles. The van der Waals surface area contributed by atoms with E-state index < -0.39 is 42.1 Å². The van der Waals surface area contributed by atoms with Crippen LogP contribution in [-0.2, 0) is 14.3 Å². The number of nitrogens with one attached hydrogen (secondary N) is 1. The largest absolute Gasteiger partial charge is 0.462 e. The maximum Gasteiger partial charge on any atom is 0.229 e. The number of amides is 1. The zero-order valence-electron chi connectivity index (χ0n) is 19.0. The Bertz CT molecular complexity index is 983. The third-order valence-electron chi connectivity index (χ3n) is 5.61. The lowest BCUT2D eigenvalue weighted by Crippen LogP contribution is -2.63. The summed E-state index contributed by atoms with van der Waals surface area (Å²) in [6.07, 6.45) is -5.64. The Kier molecular flexibility index (Phi) is 7.71. The Morgan fingerprint density at radius 3 is 2.58 bits per heavy atom. The second-order valence-corrected chi connectivity index (χ2v) is 8.56. The summed E-state index contributed by atoms with van der Waals surface area (Å²) in [4.78, 5) is 11.3. The van der Waals surface area contributed by atoms with Gasteiger partial charge in [-0.2, -0.15) is 0 Å². The first-order valence-electron chi connectivity index (χ1n) is 10.6. The van der Waals surface area contributed by atoms with Crippen LogP contribution in [0, 0.1) is 5.82 Å². The molecule has 1 amide bonds. The van der Waals surface area contributed by atoms with Gasteiger partial charge in [0.15, 0.2) is 0 Å². The van der Waals surface area contributed by atoms with Crippen LogP contribution in [0.25, 0.3) is 11.1 Å². The first-order valence-corrected chi connectivity index (χ1v) is 10.6. The van der Waals surface area contributed by atoms with Gasteiger partial charge in [0, 0.05) is 20.6 Å². The average Bonchev–Trinajstić information content (AvgIpc) is 2.75. The molecule has 1 saturated heterocycles. The molecular formula is C24H30FNO7. The fourth-order valence-electron chi connectivity index (χ4n) is 3.99. The van der Waals surface area contributed by atoms with E-state index in [1.807, 2.05) is 0 Å². The molecule has 3 rings (SSSR count). The van der Waals surface area contributed by atoms with Crippen molar-refractivity contribution < 1.29 is 38.7 Å². The molecule has 33 heavy (non-hydrogen) atoms. The number of hydrogen-bond acceptors (Lipinski definition) is 7. The van der Waals surface area contributed by atoms with Crippen LogP contribution in [0.3, 0.4) is 0 Å². The van der Waals surface area contributed by atoms with Gasteiger partial charge in [-0.25, -0.2) is 4.39 Å². The number of ether oxygens (including phenoxy) is 3. The predicted molar refractivity (Wildman–Crippen MR) is 118 cm³/mol. The van der Waals surface area contributed by atoms with Crippen LogP contribution in [0.5, 0.6) is 5.75 Å².